The highest BCUT2D eigenvalue weighted by Crippen LogP contribution is 2.43. The van der Waals surface area contributed by atoms with Gasteiger partial charge >= 0.3 is 0 Å². The topological polar surface area (TPSA) is 35.5 Å². The standard InChI is InChI=1S/C15H16BrClN2OS.2ClH/c16-10-3-4-11(17)15(20)13(10)14(12-2-1-9-21-12)19-7-5-18-6-8-19;;/h1-4,9,14,18,20H,5-8H2;2*1H/t14-;;/m1../s1. The summed E-state index contributed by atoms with van der Waals surface area (Å²) in [6.07, 6.45) is 0. The molecule has 1 saturated heterocycles. The molecule has 2 aromatic rings. The van der Waals surface area contributed by atoms with E-state index in [0.29, 0.717) is 5.02 Å². The number of aromatic hydroxyl groups is 1. The number of nitrogens with zero attached hydrogens (tertiary/aromatic N) is 1. The summed E-state index contributed by atoms with van der Waals surface area (Å²) in [5.74, 6) is 0.169. The third-order valence-corrected chi connectivity index (χ3v) is 5.64. The van der Waals surface area contributed by atoms with E-state index in [2.05, 4.69) is 37.6 Å². The van der Waals surface area contributed by atoms with Crippen LogP contribution in [0.25, 0.3) is 0 Å². The lowest BCUT2D eigenvalue weighted by molar-refractivity contribution is 0.197. The van der Waals surface area contributed by atoms with Crippen LogP contribution < -0.4 is 5.32 Å². The van der Waals surface area contributed by atoms with Crippen LogP contribution in [0.1, 0.15) is 16.5 Å². The van der Waals surface area contributed by atoms with Crippen LogP contribution in [0.5, 0.6) is 5.75 Å². The number of benzene rings is 1. The van der Waals surface area contributed by atoms with Crippen molar-refractivity contribution in [1.29, 1.82) is 0 Å². The minimum atomic E-state index is 0. The summed E-state index contributed by atoms with van der Waals surface area (Å²) in [6.45, 7) is 3.81. The first-order chi connectivity index (χ1) is 10.2. The maximum atomic E-state index is 10.5. The number of phenolic OH excluding ortho intramolecular Hbond substituents is 1. The fraction of sp³-hybridized carbons (Fsp3) is 0.333. The van der Waals surface area contributed by atoms with Crippen molar-refractivity contribution in [1.82, 2.24) is 10.2 Å². The van der Waals surface area contributed by atoms with Gasteiger partial charge in [-0.25, -0.2) is 0 Å². The number of halogens is 4. The van der Waals surface area contributed by atoms with Gasteiger partial charge in [0, 0.05) is 41.1 Å². The van der Waals surface area contributed by atoms with Gasteiger partial charge in [-0.1, -0.05) is 33.6 Å². The van der Waals surface area contributed by atoms with Gasteiger partial charge in [0.25, 0.3) is 0 Å². The van der Waals surface area contributed by atoms with Gasteiger partial charge in [0.2, 0.25) is 0 Å². The lowest BCUT2D eigenvalue weighted by Crippen LogP contribution is -2.45. The van der Waals surface area contributed by atoms with E-state index in [9.17, 15) is 5.11 Å². The Morgan fingerprint density at radius 1 is 1.22 bits per heavy atom. The average molecular weight is 461 g/mol. The molecule has 0 radical (unpaired) electrons. The van der Waals surface area contributed by atoms with Gasteiger partial charge in [0.15, 0.2) is 0 Å². The number of thiophene rings is 1. The monoisotopic (exact) mass is 458 g/mol. The molecule has 1 atom stereocenters. The van der Waals surface area contributed by atoms with Crippen molar-refractivity contribution < 1.29 is 5.11 Å². The van der Waals surface area contributed by atoms with Crippen molar-refractivity contribution in [3.05, 3.63) is 49.6 Å². The third kappa shape index (κ3) is 4.54. The Bertz CT molecular complexity index is 621. The molecule has 3 rings (SSSR count). The SMILES string of the molecule is Cl.Cl.Oc1c(Cl)ccc(Br)c1[C@@H](c1cccs1)N1CCNCC1. The van der Waals surface area contributed by atoms with Crippen LogP contribution in [0.15, 0.2) is 34.1 Å². The molecule has 0 bridgehead atoms. The first kappa shape index (κ1) is 21.0. The Hall–Kier alpha value is -0.0100. The number of hydrogen-bond acceptors (Lipinski definition) is 4. The highest BCUT2D eigenvalue weighted by Gasteiger charge is 2.29. The highest BCUT2D eigenvalue weighted by molar-refractivity contribution is 9.10. The summed E-state index contributed by atoms with van der Waals surface area (Å²) in [5.41, 5.74) is 0.854. The van der Waals surface area contributed by atoms with Crippen molar-refractivity contribution in [2.24, 2.45) is 0 Å². The molecular formula is C15H18BrCl3N2OS. The zero-order chi connectivity index (χ0) is 14.8. The van der Waals surface area contributed by atoms with Gasteiger partial charge in [-0.3, -0.25) is 4.90 Å². The van der Waals surface area contributed by atoms with E-state index >= 15 is 0 Å². The molecular weight excluding hydrogens is 443 g/mol. The molecule has 0 amide bonds. The molecule has 2 heterocycles. The summed E-state index contributed by atoms with van der Waals surface area (Å²) in [4.78, 5) is 3.61. The highest BCUT2D eigenvalue weighted by atomic mass is 79.9. The van der Waals surface area contributed by atoms with Crippen LogP contribution in [0.2, 0.25) is 5.02 Å². The Kier molecular flexibility index (Phi) is 8.66. The minimum absolute atomic E-state index is 0. The van der Waals surface area contributed by atoms with Crippen LogP contribution in [-0.2, 0) is 0 Å². The maximum absolute atomic E-state index is 10.5. The van der Waals surface area contributed by atoms with Crippen molar-refractivity contribution in [2.75, 3.05) is 26.2 Å². The van der Waals surface area contributed by atoms with E-state index in [0.717, 1.165) is 36.2 Å². The number of phenols is 1. The van der Waals surface area contributed by atoms with Crippen LogP contribution >= 0.6 is 63.7 Å². The molecule has 0 aliphatic carbocycles. The van der Waals surface area contributed by atoms with E-state index in [4.69, 9.17) is 11.6 Å². The molecule has 1 aromatic heterocycles. The predicted molar refractivity (Wildman–Crippen MR) is 106 cm³/mol. The molecule has 0 spiro atoms. The summed E-state index contributed by atoms with van der Waals surface area (Å²) in [5, 5.41) is 16.3. The molecule has 23 heavy (non-hydrogen) atoms. The van der Waals surface area contributed by atoms with Crippen LogP contribution in [0, 0.1) is 0 Å². The summed E-state index contributed by atoms with van der Waals surface area (Å²) in [7, 11) is 0. The molecule has 8 heteroatoms. The molecule has 128 valence electrons. The average Bonchev–Trinajstić information content (AvgIpc) is 3.02. The summed E-state index contributed by atoms with van der Waals surface area (Å²) in [6, 6.07) is 7.81. The van der Waals surface area contributed by atoms with E-state index in [1.807, 2.05) is 12.1 Å². The largest absolute Gasteiger partial charge is 0.506 e. The molecule has 1 aliphatic heterocycles. The van der Waals surface area contributed by atoms with Crippen LogP contribution in [0.4, 0.5) is 0 Å². The molecule has 3 nitrogen and oxygen atoms in total. The van der Waals surface area contributed by atoms with Crippen LogP contribution in [-0.4, -0.2) is 36.2 Å². The van der Waals surface area contributed by atoms with Crippen molar-refractivity contribution in [3.63, 3.8) is 0 Å². The molecule has 1 fully saturated rings. The smallest absolute Gasteiger partial charge is 0.140 e. The third-order valence-electron chi connectivity index (χ3n) is 3.72. The molecule has 2 N–H and O–H groups in total. The first-order valence-corrected chi connectivity index (χ1v) is 8.88. The quantitative estimate of drug-likeness (QED) is 0.697. The molecule has 1 aliphatic rings. The summed E-state index contributed by atoms with van der Waals surface area (Å²) >= 11 is 11.4. The predicted octanol–water partition coefficient (Wildman–Crippen LogP) is 4.71. The Labute approximate surface area is 166 Å². The zero-order valence-electron chi connectivity index (χ0n) is 12.2. The molecule has 0 saturated carbocycles. The molecule has 0 unspecified atom stereocenters. The van der Waals surface area contributed by atoms with Gasteiger partial charge in [-0.2, -0.15) is 0 Å². The zero-order valence-corrected chi connectivity index (χ0v) is 17.0. The second-order valence-electron chi connectivity index (χ2n) is 5.00. The Balaban J connectivity index is 0.00000132. The van der Waals surface area contributed by atoms with E-state index in [1.54, 1.807) is 17.4 Å². The van der Waals surface area contributed by atoms with E-state index in [-0.39, 0.29) is 36.6 Å². The number of nitrogens with one attached hydrogen (secondary N) is 1. The van der Waals surface area contributed by atoms with Gasteiger partial charge in [-0.05, 0) is 23.6 Å². The minimum Gasteiger partial charge on any atom is -0.506 e. The second kappa shape index (κ2) is 9.47. The fourth-order valence-corrected chi connectivity index (χ4v) is 4.28. The number of hydrogen-bond donors (Lipinski definition) is 2. The van der Waals surface area contributed by atoms with Crippen molar-refractivity contribution >= 4 is 63.7 Å². The first-order valence-electron chi connectivity index (χ1n) is 6.83. The van der Waals surface area contributed by atoms with Gasteiger partial charge in [0.1, 0.15) is 5.75 Å². The second-order valence-corrected chi connectivity index (χ2v) is 7.24. The van der Waals surface area contributed by atoms with Crippen LogP contribution in [0.3, 0.4) is 0 Å². The number of piperazine rings is 1. The lowest BCUT2D eigenvalue weighted by Gasteiger charge is -2.35. The van der Waals surface area contributed by atoms with E-state index < -0.39 is 0 Å². The van der Waals surface area contributed by atoms with Gasteiger partial charge in [-0.15, -0.1) is 36.2 Å². The Morgan fingerprint density at radius 3 is 2.52 bits per heavy atom. The lowest BCUT2D eigenvalue weighted by atomic mass is 10.0. The van der Waals surface area contributed by atoms with Gasteiger partial charge in [0.05, 0.1) is 11.1 Å². The number of rotatable bonds is 3. The van der Waals surface area contributed by atoms with Gasteiger partial charge < -0.3 is 10.4 Å². The van der Waals surface area contributed by atoms with E-state index in [1.165, 1.54) is 4.88 Å². The normalized spacial score (nSPS) is 16.3. The van der Waals surface area contributed by atoms with Crippen molar-refractivity contribution in [2.45, 2.75) is 6.04 Å². The van der Waals surface area contributed by atoms with Crippen molar-refractivity contribution in [3.8, 4) is 5.75 Å². The maximum Gasteiger partial charge on any atom is 0.140 e. The Morgan fingerprint density at radius 2 is 1.91 bits per heavy atom. The summed E-state index contributed by atoms with van der Waals surface area (Å²) < 4.78 is 0.890. The molecule has 1 aromatic carbocycles. The fourth-order valence-electron chi connectivity index (χ4n) is 2.71.